The van der Waals surface area contributed by atoms with Crippen molar-refractivity contribution in [2.24, 2.45) is 0 Å². The van der Waals surface area contributed by atoms with E-state index in [0.29, 0.717) is 0 Å². The van der Waals surface area contributed by atoms with Crippen molar-refractivity contribution in [3.05, 3.63) is 194 Å². The predicted octanol–water partition coefficient (Wildman–Crippen LogP) is 14.0. The van der Waals surface area contributed by atoms with Gasteiger partial charge in [0, 0.05) is 53.6 Å². The Bertz CT molecular complexity index is 2810. The Balaban J connectivity index is 1.20. The molecular formula is C48H32N2S. The van der Waals surface area contributed by atoms with Crippen molar-refractivity contribution < 1.29 is 0 Å². The summed E-state index contributed by atoms with van der Waals surface area (Å²) in [5.74, 6) is 0. The zero-order valence-electron chi connectivity index (χ0n) is 27.8. The van der Waals surface area contributed by atoms with Crippen molar-refractivity contribution in [1.82, 2.24) is 4.57 Å². The van der Waals surface area contributed by atoms with Crippen molar-refractivity contribution >= 4 is 70.4 Å². The number of nitrogens with zero attached hydrogens (tertiary/aromatic N) is 2. The first kappa shape index (κ1) is 29.5. The summed E-state index contributed by atoms with van der Waals surface area (Å²) in [5, 5.41) is 5.13. The smallest absolute Gasteiger partial charge is 0.0541 e. The highest BCUT2D eigenvalue weighted by molar-refractivity contribution is 7.25. The summed E-state index contributed by atoms with van der Waals surface area (Å²) in [6, 6.07) is 70.4. The van der Waals surface area contributed by atoms with Gasteiger partial charge >= 0.3 is 0 Å². The topological polar surface area (TPSA) is 8.17 Å². The van der Waals surface area contributed by atoms with Crippen LogP contribution in [-0.4, -0.2) is 4.57 Å². The molecule has 10 rings (SSSR count). The highest BCUT2D eigenvalue weighted by Gasteiger charge is 2.20. The van der Waals surface area contributed by atoms with E-state index < -0.39 is 0 Å². The molecule has 0 aliphatic rings. The fraction of sp³-hybridized carbons (Fsp3) is 0. The van der Waals surface area contributed by atoms with E-state index in [9.17, 15) is 0 Å². The second-order valence-corrected chi connectivity index (χ2v) is 14.0. The Labute approximate surface area is 300 Å². The number of para-hydroxylation sites is 4. The van der Waals surface area contributed by atoms with Crippen LogP contribution in [0.3, 0.4) is 0 Å². The molecule has 0 amide bonds. The molecule has 3 heteroatoms. The second kappa shape index (κ2) is 12.2. The van der Waals surface area contributed by atoms with Crippen LogP contribution in [0.2, 0.25) is 0 Å². The van der Waals surface area contributed by atoms with Gasteiger partial charge in [-0.3, -0.25) is 0 Å². The van der Waals surface area contributed by atoms with Gasteiger partial charge < -0.3 is 9.47 Å². The molecule has 0 unspecified atom stereocenters. The van der Waals surface area contributed by atoms with E-state index >= 15 is 0 Å². The first-order chi connectivity index (χ1) is 25.3. The molecule has 8 aromatic carbocycles. The fourth-order valence-electron chi connectivity index (χ4n) is 7.72. The molecule has 240 valence electrons. The lowest BCUT2D eigenvalue weighted by atomic mass is 9.92. The van der Waals surface area contributed by atoms with Gasteiger partial charge in [-0.05, 0) is 77.4 Å². The molecule has 0 atom stereocenters. The standard InChI is InChI=1S/C48H32N2S/c1-3-15-33(16-4-1)43-31-35(49(34-17-5-2-6-18-34)36-28-30-42-41-22-10-14-26-47(41)51-48(42)32-36)27-29-37(43)38-19-7-11-23-44(38)50-45-24-12-8-20-39(45)40-21-9-13-25-46(40)50/h1-32H. The summed E-state index contributed by atoms with van der Waals surface area (Å²) in [7, 11) is 0. The minimum atomic E-state index is 1.11. The molecular weight excluding hydrogens is 637 g/mol. The minimum absolute atomic E-state index is 1.11. The third kappa shape index (κ3) is 4.93. The molecule has 2 aromatic heterocycles. The lowest BCUT2D eigenvalue weighted by molar-refractivity contribution is 1.18. The quantitative estimate of drug-likeness (QED) is 0.171. The van der Waals surface area contributed by atoms with Gasteiger partial charge in [0.2, 0.25) is 0 Å². The Morgan fingerprint density at radius 3 is 1.69 bits per heavy atom. The lowest BCUT2D eigenvalue weighted by Crippen LogP contribution is -2.10. The zero-order chi connectivity index (χ0) is 33.7. The van der Waals surface area contributed by atoms with Crippen LogP contribution < -0.4 is 4.90 Å². The maximum absolute atomic E-state index is 2.43. The highest BCUT2D eigenvalue weighted by Crippen LogP contribution is 2.45. The van der Waals surface area contributed by atoms with Crippen LogP contribution >= 0.6 is 11.3 Å². The predicted molar refractivity (Wildman–Crippen MR) is 219 cm³/mol. The molecule has 0 saturated heterocycles. The van der Waals surface area contributed by atoms with Gasteiger partial charge in [-0.25, -0.2) is 0 Å². The number of benzene rings is 8. The van der Waals surface area contributed by atoms with Crippen LogP contribution in [0.4, 0.5) is 17.1 Å². The summed E-state index contributed by atoms with van der Waals surface area (Å²) < 4.78 is 5.03. The van der Waals surface area contributed by atoms with Gasteiger partial charge in [0.05, 0.1) is 16.7 Å². The number of hydrogen-bond donors (Lipinski definition) is 0. The van der Waals surface area contributed by atoms with Crippen molar-refractivity contribution in [1.29, 1.82) is 0 Å². The Morgan fingerprint density at radius 2 is 0.922 bits per heavy atom. The van der Waals surface area contributed by atoms with Gasteiger partial charge in [0.1, 0.15) is 0 Å². The van der Waals surface area contributed by atoms with Crippen LogP contribution in [0.1, 0.15) is 0 Å². The zero-order valence-corrected chi connectivity index (χ0v) is 28.6. The molecule has 2 nitrogen and oxygen atoms in total. The number of hydrogen-bond acceptors (Lipinski definition) is 2. The number of anilines is 3. The number of thiophene rings is 1. The molecule has 0 N–H and O–H groups in total. The molecule has 0 aliphatic heterocycles. The van der Waals surface area contributed by atoms with Crippen molar-refractivity contribution in [3.8, 4) is 27.9 Å². The van der Waals surface area contributed by atoms with Crippen LogP contribution in [0.15, 0.2) is 194 Å². The Kier molecular flexibility index (Phi) is 7.04. The molecule has 10 aromatic rings. The summed E-state index contributed by atoms with van der Waals surface area (Å²) in [6.45, 7) is 0. The third-order valence-electron chi connectivity index (χ3n) is 10.00. The summed E-state index contributed by atoms with van der Waals surface area (Å²) >= 11 is 1.86. The summed E-state index contributed by atoms with van der Waals surface area (Å²) in [4.78, 5) is 2.39. The van der Waals surface area contributed by atoms with Crippen LogP contribution in [0.25, 0.3) is 69.9 Å². The highest BCUT2D eigenvalue weighted by atomic mass is 32.1. The van der Waals surface area contributed by atoms with Gasteiger partial charge in [0.25, 0.3) is 0 Å². The maximum Gasteiger partial charge on any atom is 0.0541 e. The van der Waals surface area contributed by atoms with Crippen molar-refractivity contribution in [2.75, 3.05) is 4.90 Å². The average Bonchev–Trinajstić information content (AvgIpc) is 3.74. The van der Waals surface area contributed by atoms with Crippen molar-refractivity contribution in [3.63, 3.8) is 0 Å². The van der Waals surface area contributed by atoms with Gasteiger partial charge in [0.15, 0.2) is 0 Å². The van der Waals surface area contributed by atoms with Crippen molar-refractivity contribution in [2.45, 2.75) is 0 Å². The first-order valence-corrected chi connectivity index (χ1v) is 18.2. The lowest BCUT2D eigenvalue weighted by Gasteiger charge is -2.27. The molecule has 0 radical (unpaired) electrons. The number of aromatic nitrogens is 1. The molecule has 0 spiro atoms. The van der Waals surface area contributed by atoms with Crippen LogP contribution in [-0.2, 0) is 0 Å². The largest absolute Gasteiger partial charge is 0.310 e. The van der Waals surface area contributed by atoms with E-state index in [4.69, 9.17) is 0 Å². The van der Waals surface area contributed by atoms with E-state index in [1.807, 2.05) is 11.3 Å². The van der Waals surface area contributed by atoms with E-state index in [1.54, 1.807) is 0 Å². The molecule has 0 aliphatic carbocycles. The number of fused-ring (bicyclic) bond motifs is 6. The van der Waals surface area contributed by atoms with Crippen LogP contribution in [0.5, 0.6) is 0 Å². The van der Waals surface area contributed by atoms with E-state index in [1.165, 1.54) is 64.2 Å². The van der Waals surface area contributed by atoms with Crippen LogP contribution in [0, 0.1) is 0 Å². The SMILES string of the molecule is c1ccc(-c2cc(N(c3ccccc3)c3ccc4c(c3)sc3ccccc34)ccc2-c2ccccc2-n2c3ccccc3c3ccccc32)cc1. The maximum atomic E-state index is 2.43. The second-order valence-electron chi connectivity index (χ2n) is 12.9. The Morgan fingerprint density at radius 1 is 0.353 bits per heavy atom. The molecule has 0 bridgehead atoms. The molecule has 51 heavy (non-hydrogen) atoms. The van der Waals surface area contributed by atoms with Gasteiger partial charge in [-0.2, -0.15) is 0 Å². The normalized spacial score (nSPS) is 11.5. The minimum Gasteiger partial charge on any atom is -0.310 e. The molecule has 2 heterocycles. The molecule has 0 fully saturated rings. The van der Waals surface area contributed by atoms with E-state index in [2.05, 4.69) is 204 Å². The Hall–Kier alpha value is -6.42. The molecule has 0 saturated carbocycles. The fourth-order valence-corrected chi connectivity index (χ4v) is 8.86. The van der Waals surface area contributed by atoms with E-state index in [0.717, 1.165) is 22.7 Å². The summed E-state index contributed by atoms with van der Waals surface area (Å²) in [6.07, 6.45) is 0. The third-order valence-corrected chi connectivity index (χ3v) is 11.1. The van der Waals surface area contributed by atoms with Gasteiger partial charge in [-0.15, -0.1) is 11.3 Å². The van der Waals surface area contributed by atoms with Gasteiger partial charge in [-0.1, -0.05) is 133 Å². The first-order valence-electron chi connectivity index (χ1n) is 17.4. The van der Waals surface area contributed by atoms with E-state index in [-0.39, 0.29) is 0 Å². The number of rotatable bonds is 6. The average molecular weight is 669 g/mol. The monoisotopic (exact) mass is 668 g/mol. The summed E-state index contributed by atoms with van der Waals surface area (Å²) in [5.41, 5.74) is 11.7.